The minimum absolute atomic E-state index is 0.197. The molecule has 3 nitrogen and oxygen atoms in total. The summed E-state index contributed by atoms with van der Waals surface area (Å²) in [5.41, 5.74) is 2.44. The minimum Gasteiger partial charge on any atom is -0.460 e. The number of esters is 1. The normalized spacial score (nSPS) is 13.2. The predicted octanol–water partition coefficient (Wildman–Crippen LogP) is 3.99. The minimum atomic E-state index is -0.457. The first-order chi connectivity index (χ1) is 9.26. The zero-order valence-corrected chi connectivity index (χ0v) is 12.7. The third kappa shape index (κ3) is 3.35. The Kier molecular flexibility index (Phi) is 3.80. The smallest absolute Gasteiger partial charge is 0.313 e. The summed E-state index contributed by atoms with van der Waals surface area (Å²) in [4.78, 5) is 16.6. The van der Waals surface area contributed by atoms with E-state index in [0.717, 1.165) is 22.2 Å². The Balaban J connectivity index is 2.28. The van der Waals surface area contributed by atoms with Crippen molar-refractivity contribution in [3.8, 4) is 0 Å². The fourth-order valence-corrected chi connectivity index (χ4v) is 2.04. The van der Waals surface area contributed by atoms with E-state index in [-0.39, 0.29) is 11.9 Å². The largest absolute Gasteiger partial charge is 0.460 e. The lowest BCUT2D eigenvalue weighted by atomic mass is 9.99. The second-order valence-electron chi connectivity index (χ2n) is 6.16. The van der Waals surface area contributed by atoms with Crippen molar-refractivity contribution in [3.63, 3.8) is 0 Å². The van der Waals surface area contributed by atoms with Gasteiger partial charge in [0.1, 0.15) is 5.60 Å². The monoisotopic (exact) mass is 271 g/mol. The van der Waals surface area contributed by atoms with Gasteiger partial charge >= 0.3 is 5.97 Å². The summed E-state index contributed by atoms with van der Waals surface area (Å²) in [7, 11) is 0. The number of carbonyl (C=O) groups is 1. The topological polar surface area (TPSA) is 39.2 Å². The van der Waals surface area contributed by atoms with Gasteiger partial charge in [-0.2, -0.15) is 0 Å². The Labute approximate surface area is 120 Å². The number of aromatic nitrogens is 1. The summed E-state index contributed by atoms with van der Waals surface area (Å²) in [6, 6.07) is 9.92. The van der Waals surface area contributed by atoms with E-state index >= 15 is 0 Å². The van der Waals surface area contributed by atoms with Crippen molar-refractivity contribution in [2.45, 2.75) is 46.1 Å². The van der Waals surface area contributed by atoms with Crippen molar-refractivity contribution in [2.24, 2.45) is 0 Å². The highest BCUT2D eigenvalue weighted by atomic mass is 16.6. The van der Waals surface area contributed by atoms with Gasteiger partial charge in [0, 0.05) is 11.1 Å². The molecule has 0 radical (unpaired) electrons. The molecule has 0 amide bonds. The maximum absolute atomic E-state index is 12.1. The molecule has 0 saturated heterocycles. The van der Waals surface area contributed by atoms with Crippen LogP contribution in [-0.2, 0) is 9.53 Å². The number of carbonyl (C=O) groups excluding carboxylic acids is 1. The van der Waals surface area contributed by atoms with Gasteiger partial charge in [-0.25, -0.2) is 0 Å². The second-order valence-corrected chi connectivity index (χ2v) is 6.16. The standard InChI is InChI=1S/C17H21NO2/c1-11-6-7-14-10-13(8-9-15(14)18-11)12(2)16(19)20-17(3,4)5/h6-10,12H,1-5H3. The molecule has 2 aromatic rings. The van der Waals surface area contributed by atoms with Crippen molar-refractivity contribution in [1.82, 2.24) is 4.98 Å². The van der Waals surface area contributed by atoms with Gasteiger partial charge in [-0.05, 0) is 58.4 Å². The van der Waals surface area contributed by atoms with Gasteiger partial charge in [0.05, 0.1) is 11.4 Å². The molecular weight excluding hydrogens is 250 g/mol. The molecule has 0 saturated carbocycles. The molecule has 3 heteroatoms. The number of pyridine rings is 1. The number of aryl methyl sites for hydroxylation is 1. The summed E-state index contributed by atoms with van der Waals surface area (Å²) in [6.07, 6.45) is 0. The lowest BCUT2D eigenvalue weighted by Crippen LogP contribution is -2.26. The molecule has 0 aliphatic carbocycles. The van der Waals surface area contributed by atoms with E-state index in [1.165, 1.54) is 0 Å². The van der Waals surface area contributed by atoms with E-state index < -0.39 is 5.60 Å². The fraction of sp³-hybridized carbons (Fsp3) is 0.412. The average Bonchev–Trinajstić information content (AvgIpc) is 2.35. The van der Waals surface area contributed by atoms with Crippen LogP contribution in [0.4, 0.5) is 0 Å². The maximum Gasteiger partial charge on any atom is 0.313 e. The van der Waals surface area contributed by atoms with Crippen LogP contribution in [0.5, 0.6) is 0 Å². The van der Waals surface area contributed by atoms with Crippen molar-refractivity contribution in [3.05, 3.63) is 41.6 Å². The van der Waals surface area contributed by atoms with Crippen molar-refractivity contribution >= 4 is 16.9 Å². The zero-order valence-electron chi connectivity index (χ0n) is 12.7. The molecule has 0 aliphatic heterocycles. The maximum atomic E-state index is 12.1. The molecule has 0 spiro atoms. The molecule has 20 heavy (non-hydrogen) atoms. The van der Waals surface area contributed by atoms with E-state index in [1.807, 2.05) is 65.0 Å². The fourth-order valence-electron chi connectivity index (χ4n) is 2.04. The summed E-state index contributed by atoms with van der Waals surface area (Å²) in [6.45, 7) is 9.48. The predicted molar refractivity (Wildman–Crippen MR) is 80.7 cm³/mol. The first kappa shape index (κ1) is 14.5. The van der Waals surface area contributed by atoms with Crippen LogP contribution in [-0.4, -0.2) is 16.6 Å². The van der Waals surface area contributed by atoms with Crippen LogP contribution in [0.25, 0.3) is 10.9 Å². The zero-order chi connectivity index (χ0) is 14.9. The van der Waals surface area contributed by atoms with E-state index in [2.05, 4.69) is 4.98 Å². The number of benzene rings is 1. The Hall–Kier alpha value is -1.90. The van der Waals surface area contributed by atoms with E-state index in [0.29, 0.717) is 0 Å². The lowest BCUT2D eigenvalue weighted by molar-refractivity contribution is -0.156. The first-order valence-electron chi connectivity index (χ1n) is 6.86. The Morgan fingerprint density at radius 1 is 1.20 bits per heavy atom. The van der Waals surface area contributed by atoms with Gasteiger partial charge in [0.25, 0.3) is 0 Å². The Morgan fingerprint density at radius 2 is 1.90 bits per heavy atom. The van der Waals surface area contributed by atoms with Gasteiger partial charge in [-0.15, -0.1) is 0 Å². The van der Waals surface area contributed by atoms with Crippen LogP contribution in [0.1, 0.15) is 44.9 Å². The van der Waals surface area contributed by atoms with Gasteiger partial charge in [-0.3, -0.25) is 9.78 Å². The molecule has 0 fully saturated rings. The number of fused-ring (bicyclic) bond motifs is 1. The lowest BCUT2D eigenvalue weighted by Gasteiger charge is -2.22. The van der Waals surface area contributed by atoms with E-state index in [9.17, 15) is 4.79 Å². The second kappa shape index (κ2) is 5.23. The van der Waals surface area contributed by atoms with Crippen molar-refractivity contribution in [1.29, 1.82) is 0 Å². The molecule has 106 valence electrons. The van der Waals surface area contributed by atoms with Crippen LogP contribution < -0.4 is 0 Å². The first-order valence-corrected chi connectivity index (χ1v) is 6.86. The van der Waals surface area contributed by atoms with E-state index in [4.69, 9.17) is 4.74 Å². The van der Waals surface area contributed by atoms with Crippen LogP contribution in [0.3, 0.4) is 0 Å². The third-order valence-electron chi connectivity index (χ3n) is 3.11. The van der Waals surface area contributed by atoms with Gasteiger partial charge in [-0.1, -0.05) is 12.1 Å². The summed E-state index contributed by atoms with van der Waals surface area (Å²) >= 11 is 0. The van der Waals surface area contributed by atoms with Crippen LogP contribution >= 0.6 is 0 Å². The third-order valence-corrected chi connectivity index (χ3v) is 3.11. The summed E-state index contributed by atoms with van der Waals surface area (Å²) in [5, 5.41) is 1.04. The SMILES string of the molecule is Cc1ccc2cc(C(C)C(=O)OC(C)(C)C)ccc2n1. The molecule has 0 aliphatic rings. The molecule has 1 aromatic heterocycles. The molecule has 0 bridgehead atoms. The van der Waals surface area contributed by atoms with Crippen molar-refractivity contribution < 1.29 is 9.53 Å². The molecule has 1 atom stereocenters. The molecule has 0 N–H and O–H groups in total. The number of rotatable bonds is 2. The number of hydrogen-bond donors (Lipinski definition) is 0. The van der Waals surface area contributed by atoms with Crippen molar-refractivity contribution in [2.75, 3.05) is 0 Å². The number of hydrogen-bond acceptors (Lipinski definition) is 3. The number of nitrogens with zero attached hydrogens (tertiary/aromatic N) is 1. The molecule has 2 rings (SSSR count). The van der Waals surface area contributed by atoms with E-state index in [1.54, 1.807) is 0 Å². The van der Waals surface area contributed by atoms with Crippen LogP contribution in [0.15, 0.2) is 30.3 Å². The van der Waals surface area contributed by atoms with Crippen LogP contribution in [0, 0.1) is 6.92 Å². The average molecular weight is 271 g/mol. The number of ether oxygens (including phenoxy) is 1. The van der Waals surface area contributed by atoms with Gasteiger partial charge in [0.2, 0.25) is 0 Å². The quantitative estimate of drug-likeness (QED) is 0.775. The van der Waals surface area contributed by atoms with Gasteiger partial charge in [0.15, 0.2) is 0 Å². The summed E-state index contributed by atoms with van der Waals surface area (Å²) < 4.78 is 5.43. The highest BCUT2D eigenvalue weighted by molar-refractivity contribution is 5.83. The van der Waals surface area contributed by atoms with Crippen LogP contribution in [0.2, 0.25) is 0 Å². The molecular formula is C17H21NO2. The molecule has 1 unspecified atom stereocenters. The van der Waals surface area contributed by atoms with Gasteiger partial charge < -0.3 is 4.74 Å². The Bertz CT molecular complexity index is 641. The molecule has 1 aromatic carbocycles. The highest BCUT2D eigenvalue weighted by Crippen LogP contribution is 2.23. The summed E-state index contributed by atoms with van der Waals surface area (Å²) in [5.74, 6) is -0.475. The Morgan fingerprint density at radius 3 is 2.55 bits per heavy atom. The molecule has 1 heterocycles. The highest BCUT2D eigenvalue weighted by Gasteiger charge is 2.23.